The Balaban J connectivity index is 1.95. The molecule has 2 aromatic rings. The summed E-state index contributed by atoms with van der Waals surface area (Å²) >= 11 is 7.68. The predicted octanol–water partition coefficient (Wildman–Crippen LogP) is 3.97. The van der Waals surface area contributed by atoms with Crippen LogP contribution in [0.2, 0.25) is 5.02 Å². The van der Waals surface area contributed by atoms with Crippen molar-refractivity contribution < 1.29 is 4.74 Å². The topological polar surface area (TPSA) is 34.2 Å². The van der Waals surface area contributed by atoms with Crippen molar-refractivity contribution in [1.82, 2.24) is 10.3 Å². The highest BCUT2D eigenvalue weighted by molar-refractivity contribution is 7.07. The van der Waals surface area contributed by atoms with Gasteiger partial charge in [-0.3, -0.25) is 0 Å². The molecule has 5 heteroatoms. The lowest BCUT2D eigenvalue weighted by molar-refractivity contribution is 0.148. The zero-order chi connectivity index (χ0) is 13.2. The van der Waals surface area contributed by atoms with Gasteiger partial charge in [-0.1, -0.05) is 18.5 Å². The summed E-state index contributed by atoms with van der Waals surface area (Å²) in [5, 5.41) is 6.29. The van der Waals surface area contributed by atoms with E-state index in [2.05, 4.69) is 22.6 Å². The highest BCUT2D eigenvalue weighted by Crippen LogP contribution is 2.41. The van der Waals surface area contributed by atoms with Gasteiger partial charge in [0.1, 0.15) is 11.9 Å². The van der Waals surface area contributed by atoms with Gasteiger partial charge in [-0.05, 0) is 24.7 Å². The van der Waals surface area contributed by atoms with Crippen LogP contribution in [0.1, 0.15) is 36.7 Å². The van der Waals surface area contributed by atoms with Crippen LogP contribution in [0, 0.1) is 0 Å². The number of thiazole rings is 1. The molecule has 0 bridgehead atoms. The minimum Gasteiger partial charge on any atom is -0.484 e. The average molecular weight is 295 g/mol. The summed E-state index contributed by atoms with van der Waals surface area (Å²) in [6, 6.07) is 6.06. The molecule has 0 saturated heterocycles. The van der Waals surface area contributed by atoms with Crippen molar-refractivity contribution in [3.05, 3.63) is 45.4 Å². The van der Waals surface area contributed by atoms with Gasteiger partial charge in [0, 0.05) is 28.4 Å². The second-order valence-electron chi connectivity index (χ2n) is 4.55. The lowest BCUT2D eigenvalue weighted by Crippen LogP contribution is -2.29. The molecule has 19 heavy (non-hydrogen) atoms. The van der Waals surface area contributed by atoms with Crippen molar-refractivity contribution in [2.24, 2.45) is 0 Å². The minimum absolute atomic E-state index is 0.0176. The number of hydrogen-bond donors (Lipinski definition) is 1. The van der Waals surface area contributed by atoms with Crippen LogP contribution < -0.4 is 10.1 Å². The molecule has 0 amide bonds. The number of rotatable bonds is 3. The summed E-state index contributed by atoms with van der Waals surface area (Å²) in [7, 11) is 0. The Hall–Kier alpha value is -1.10. The van der Waals surface area contributed by atoms with Crippen LogP contribution in [0.5, 0.6) is 5.75 Å². The van der Waals surface area contributed by atoms with Crippen LogP contribution in [0.3, 0.4) is 0 Å². The summed E-state index contributed by atoms with van der Waals surface area (Å²) in [5.41, 5.74) is 3.99. The first-order valence-corrected chi connectivity index (χ1v) is 7.67. The Labute approximate surface area is 121 Å². The van der Waals surface area contributed by atoms with Crippen molar-refractivity contribution in [2.75, 3.05) is 6.54 Å². The molecule has 1 aromatic heterocycles. The molecule has 3 rings (SSSR count). The molecular weight excluding hydrogens is 280 g/mol. The Kier molecular flexibility index (Phi) is 3.73. The highest BCUT2D eigenvalue weighted by atomic mass is 35.5. The average Bonchev–Trinajstić information content (AvgIpc) is 2.93. The van der Waals surface area contributed by atoms with Gasteiger partial charge < -0.3 is 10.1 Å². The summed E-state index contributed by atoms with van der Waals surface area (Å²) in [4.78, 5) is 4.36. The molecule has 0 aliphatic carbocycles. The van der Waals surface area contributed by atoms with Gasteiger partial charge in [-0.15, -0.1) is 11.3 Å². The Morgan fingerprint density at radius 1 is 1.53 bits per heavy atom. The van der Waals surface area contributed by atoms with E-state index >= 15 is 0 Å². The molecule has 1 aliphatic heterocycles. The van der Waals surface area contributed by atoms with Gasteiger partial charge in [0.2, 0.25) is 0 Å². The maximum absolute atomic E-state index is 6.08. The van der Waals surface area contributed by atoms with E-state index in [-0.39, 0.29) is 12.1 Å². The molecule has 1 aliphatic rings. The molecule has 1 N–H and O–H groups in total. The molecule has 1 aromatic carbocycles. The fourth-order valence-electron chi connectivity index (χ4n) is 2.44. The van der Waals surface area contributed by atoms with E-state index in [4.69, 9.17) is 16.3 Å². The third-order valence-electron chi connectivity index (χ3n) is 3.30. The smallest absolute Gasteiger partial charge is 0.143 e. The van der Waals surface area contributed by atoms with Crippen molar-refractivity contribution in [2.45, 2.75) is 25.5 Å². The Bertz CT molecular complexity index is 559. The molecule has 2 atom stereocenters. The van der Waals surface area contributed by atoms with E-state index in [1.807, 2.05) is 23.7 Å². The minimum atomic E-state index is 0.0176. The SMILES string of the molecule is CCNC1CC(c2cscn2)Oc2ccc(Cl)cc21. The number of hydrogen-bond acceptors (Lipinski definition) is 4. The van der Waals surface area contributed by atoms with Crippen LogP contribution in [-0.2, 0) is 0 Å². The summed E-state index contributed by atoms with van der Waals surface area (Å²) in [6.45, 7) is 3.03. The zero-order valence-corrected chi connectivity index (χ0v) is 12.2. The summed E-state index contributed by atoms with van der Waals surface area (Å²) in [5.74, 6) is 0.902. The molecule has 3 nitrogen and oxygen atoms in total. The number of fused-ring (bicyclic) bond motifs is 1. The molecule has 0 fully saturated rings. The molecule has 0 saturated carbocycles. The van der Waals surface area contributed by atoms with Crippen molar-refractivity contribution >= 4 is 22.9 Å². The molecule has 2 heterocycles. The van der Waals surface area contributed by atoms with Crippen molar-refractivity contribution in [3.8, 4) is 5.75 Å². The largest absolute Gasteiger partial charge is 0.484 e. The first kappa shape index (κ1) is 12.9. The van der Waals surface area contributed by atoms with Crippen LogP contribution >= 0.6 is 22.9 Å². The normalized spacial score (nSPS) is 21.8. The quantitative estimate of drug-likeness (QED) is 0.930. The van der Waals surface area contributed by atoms with Crippen LogP contribution in [0.4, 0.5) is 0 Å². The van der Waals surface area contributed by atoms with Gasteiger partial charge in [0.05, 0.1) is 11.2 Å². The molecular formula is C14H15ClN2OS. The number of aromatic nitrogens is 1. The van der Waals surface area contributed by atoms with E-state index in [9.17, 15) is 0 Å². The van der Waals surface area contributed by atoms with E-state index in [0.29, 0.717) is 0 Å². The molecule has 100 valence electrons. The monoisotopic (exact) mass is 294 g/mol. The van der Waals surface area contributed by atoms with Gasteiger partial charge in [0.25, 0.3) is 0 Å². The number of nitrogens with one attached hydrogen (secondary N) is 1. The highest BCUT2D eigenvalue weighted by Gasteiger charge is 2.29. The summed E-state index contributed by atoms with van der Waals surface area (Å²) in [6.07, 6.45) is 0.897. The van der Waals surface area contributed by atoms with Crippen molar-refractivity contribution in [1.29, 1.82) is 0 Å². The standard InChI is InChI=1S/C14H15ClN2OS/c1-2-16-11-6-14(12-7-19-8-17-12)18-13-4-3-9(15)5-10(11)13/h3-5,7-8,11,14,16H,2,6H2,1H3. The molecule has 2 unspecified atom stereocenters. The second kappa shape index (κ2) is 5.49. The first-order chi connectivity index (χ1) is 9.28. The summed E-state index contributed by atoms with van der Waals surface area (Å²) < 4.78 is 6.05. The van der Waals surface area contributed by atoms with E-state index in [1.54, 1.807) is 11.3 Å². The van der Waals surface area contributed by atoms with E-state index in [1.165, 1.54) is 0 Å². The molecule has 0 spiro atoms. The fraction of sp³-hybridized carbons (Fsp3) is 0.357. The third kappa shape index (κ3) is 2.61. The third-order valence-corrected chi connectivity index (χ3v) is 4.14. The van der Waals surface area contributed by atoms with Gasteiger partial charge in [0.15, 0.2) is 0 Å². The zero-order valence-electron chi connectivity index (χ0n) is 10.6. The van der Waals surface area contributed by atoms with Crippen LogP contribution in [0.25, 0.3) is 0 Å². The second-order valence-corrected chi connectivity index (χ2v) is 5.70. The Morgan fingerprint density at radius 2 is 2.42 bits per heavy atom. The number of ether oxygens (including phenoxy) is 1. The van der Waals surface area contributed by atoms with Gasteiger partial charge in [-0.25, -0.2) is 4.98 Å². The predicted molar refractivity (Wildman–Crippen MR) is 78.0 cm³/mol. The fourth-order valence-corrected chi connectivity index (χ4v) is 3.22. The number of benzene rings is 1. The number of nitrogens with zero attached hydrogens (tertiary/aromatic N) is 1. The van der Waals surface area contributed by atoms with E-state index in [0.717, 1.165) is 35.0 Å². The van der Waals surface area contributed by atoms with Crippen molar-refractivity contribution in [3.63, 3.8) is 0 Å². The van der Waals surface area contributed by atoms with E-state index < -0.39 is 0 Å². The van der Waals surface area contributed by atoms with Crippen LogP contribution in [-0.4, -0.2) is 11.5 Å². The van der Waals surface area contributed by atoms with Gasteiger partial charge in [-0.2, -0.15) is 0 Å². The maximum Gasteiger partial charge on any atom is 0.143 e. The first-order valence-electron chi connectivity index (χ1n) is 6.35. The lowest BCUT2D eigenvalue weighted by Gasteiger charge is -2.32. The maximum atomic E-state index is 6.08. The lowest BCUT2D eigenvalue weighted by atomic mass is 9.95. The molecule has 0 radical (unpaired) electrons. The van der Waals surface area contributed by atoms with Gasteiger partial charge >= 0.3 is 0 Å². The Morgan fingerprint density at radius 3 is 3.16 bits per heavy atom. The number of halogens is 1. The van der Waals surface area contributed by atoms with Crippen LogP contribution in [0.15, 0.2) is 29.1 Å².